The highest BCUT2D eigenvalue weighted by Crippen LogP contribution is 2.22. The third kappa shape index (κ3) is 4.44. The van der Waals surface area contributed by atoms with E-state index in [9.17, 15) is 9.18 Å². The number of carbonyl (C=O) groups excluding carboxylic acids is 1. The Morgan fingerprint density at radius 3 is 2.76 bits per heavy atom. The van der Waals surface area contributed by atoms with Crippen molar-refractivity contribution in [3.8, 4) is 0 Å². The van der Waals surface area contributed by atoms with E-state index in [0.29, 0.717) is 19.5 Å². The second-order valence-corrected chi connectivity index (χ2v) is 6.95. The molecular formula is C19H16ClFN2OS. The van der Waals surface area contributed by atoms with Crippen molar-refractivity contribution in [3.63, 3.8) is 0 Å². The second kappa shape index (κ2) is 8.23. The maximum absolute atomic E-state index is 14.2. The minimum absolute atomic E-state index is 0.0840. The first kappa shape index (κ1) is 17.6. The number of aromatic nitrogens is 1. The molecule has 128 valence electrons. The lowest BCUT2D eigenvalue weighted by Crippen LogP contribution is -2.33. The Labute approximate surface area is 154 Å². The normalized spacial score (nSPS) is 10.6. The van der Waals surface area contributed by atoms with E-state index in [1.807, 2.05) is 29.6 Å². The smallest absolute Gasteiger partial charge is 0.258 e. The van der Waals surface area contributed by atoms with Gasteiger partial charge >= 0.3 is 0 Å². The maximum atomic E-state index is 14.2. The van der Waals surface area contributed by atoms with Crippen LogP contribution in [0.15, 0.2) is 60.2 Å². The van der Waals surface area contributed by atoms with Gasteiger partial charge in [0.05, 0.1) is 10.6 Å². The summed E-state index contributed by atoms with van der Waals surface area (Å²) in [6.07, 6.45) is 4.08. The molecule has 0 aliphatic heterocycles. The number of halogens is 2. The van der Waals surface area contributed by atoms with Crippen LogP contribution < -0.4 is 0 Å². The molecule has 0 saturated heterocycles. The zero-order valence-corrected chi connectivity index (χ0v) is 14.9. The lowest BCUT2D eigenvalue weighted by molar-refractivity contribution is 0.0740. The molecule has 3 aromatic rings. The molecular weight excluding hydrogens is 359 g/mol. The number of amides is 1. The van der Waals surface area contributed by atoms with E-state index in [2.05, 4.69) is 4.98 Å². The Hall–Kier alpha value is -2.24. The molecule has 3 rings (SSSR count). The number of hydrogen-bond donors (Lipinski definition) is 0. The van der Waals surface area contributed by atoms with Crippen LogP contribution in [0.2, 0.25) is 5.02 Å². The Morgan fingerprint density at radius 1 is 1.20 bits per heavy atom. The van der Waals surface area contributed by atoms with Crippen molar-refractivity contribution in [2.75, 3.05) is 6.54 Å². The number of hydrogen-bond acceptors (Lipinski definition) is 3. The van der Waals surface area contributed by atoms with Crippen molar-refractivity contribution in [1.29, 1.82) is 0 Å². The van der Waals surface area contributed by atoms with E-state index in [0.717, 1.165) is 5.56 Å². The van der Waals surface area contributed by atoms with Crippen LogP contribution in [0.4, 0.5) is 4.39 Å². The summed E-state index contributed by atoms with van der Waals surface area (Å²) < 4.78 is 14.2. The Bertz CT molecular complexity index is 820. The summed E-state index contributed by atoms with van der Waals surface area (Å²) in [5.74, 6) is -1.02. The number of pyridine rings is 1. The van der Waals surface area contributed by atoms with Crippen LogP contribution in [0.25, 0.3) is 0 Å². The monoisotopic (exact) mass is 374 g/mol. The zero-order valence-electron chi connectivity index (χ0n) is 13.4. The quantitative estimate of drug-likeness (QED) is 0.619. The molecule has 0 saturated carbocycles. The van der Waals surface area contributed by atoms with Gasteiger partial charge in [-0.15, -0.1) is 11.3 Å². The fourth-order valence-corrected chi connectivity index (χ4v) is 3.47. The van der Waals surface area contributed by atoms with Crippen LogP contribution in [0, 0.1) is 5.82 Å². The molecule has 6 heteroatoms. The van der Waals surface area contributed by atoms with Crippen LogP contribution in [0.3, 0.4) is 0 Å². The van der Waals surface area contributed by atoms with Crippen molar-refractivity contribution in [2.45, 2.75) is 13.0 Å². The summed E-state index contributed by atoms with van der Waals surface area (Å²) >= 11 is 7.71. The molecule has 25 heavy (non-hydrogen) atoms. The average molecular weight is 375 g/mol. The lowest BCUT2D eigenvalue weighted by atomic mass is 10.1. The van der Waals surface area contributed by atoms with Gasteiger partial charge in [-0.2, -0.15) is 0 Å². The van der Waals surface area contributed by atoms with E-state index in [1.54, 1.807) is 28.6 Å². The molecule has 0 N–H and O–H groups in total. The van der Waals surface area contributed by atoms with Gasteiger partial charge in [0.1, 0.15) is 5.82 Å². The van der Waals surface area contributed by atoms with Gasteiger partial charge in [0.25, 0.3) is 5.91 Å². The van der Waals surface area contributed by atoms with Gasteiger partial charge in [0.15, 0.2) is 0 Å². The highest BCUT2D eigenvalue weighted by molar-refractivity contribution is 7.09. The van der Waals surface area contributed by atoms with Gasteiger partial charge < -0.3 is 4.90 Å². The van der Waals surface area contributed by atoms with Crippen LogP contribution >= 0.6 is 22.9 Å². The van der Waals surface area contributed by atoms with E-state index in [1.165, 1.54) is 23.1 Å². The fraction of sp³-hybridized carbons (Fsp3) is 0.158. The van der Waals surface area contributed by atoms with Crippen molar-refractivity contribution in [3.05, 3.63) is 87.1 Å². The van der Waals surface area contributed by atoms with E-state index in [4.69, 9.17) is 11.6 Å². The van der Waals surface area contributed by atoms with E-state index >= 15 is 0 Å². The molecule has 0 bridgehead atoms. The SMILES string of the molecule is O=C(c1c(F)cccc1Cl)N(CCc1cccs1)Cc1cccnc1. The number of rotatable bonds is 6. The molecule has 0 aliphatic rings. The Balaban J connectivity index is 1.85. The standard InChI is InChI=1S/C19H16ClFN2OS/c20-16-6-1-7-17(21)18(16)19(24)23(10-8-15-5-3-11-25-15)13-14-4-2-9-22-12-14/h1-7,9,11-12H,8,10,13H2. The topological polar surface area (TPSA) is 33.2 Å². The molecule has 0 fully saturated rings. The molecule has 1 amide bonds. The summed E-state index contributed by atoms with van der Waals surface area (Å²) in [7, 11) is 0. The molecule has 2 heterocycles. The number of carbonyl (C=O) groups is 1. The van der Waals surface area contributed by atoms with Crippen molar-refractivity contribution < 1.29 is 9.18 Å². The third-order valence-corrected chi connectivity index (χ3v) is 5.02. The third-order valence-electron chi connectivity index (χ3n) is 3.77. The van der Waals surface area contributed by atoms with Crippen molar-refractivity contribution in [2.24, 2.45) is 0 Å². The number of nitrogens with zero attached hydrogens (tertiary/aromatic N) is 2. The molecule has 0 radical (unpaired) electrons. The molecule has 0 atom stereocenters. The average Bonchev–Trinajstić information content (AvgIpc) is 3.12. The summed E-state index contributed by atoms with van der Waals surface area (Å²) in [6, 6.07) is 12.0. The van der Waals surface area contributed by atoms with Gasteiger partial charge in [-0.25, -0.2) is 4.39 Å². The van der Waals surface area contributed by atoms with E-state index < -0.39 is 11.7 Å². The number of thiophene rings is 1. The Kier molecular flexibility index (Phi) is 5.79. The van der Waals surface area contributed by atoms with Crippen LogP contribution in [-0.2, 0) is 13.0 Å². The summed E-state index contributed by atoms with van der Waals surface area (Å²) in [6.45, 7) is 0.821. The molecule has 0 spiro atoms. The first-order chi connectivity index (χ1) is 12.1. The van der Waals surface area contributed by atoms with E-state index in [-0.39, 0.29) is 10.6 Å². The lowest BCUT2D eigenvalue weighted by Gasteiger charge is -2.23. The zero-order chi connectivity index (χ0) is 17.6. The second-order valence-electron chi connectivity index (χ2n) is 5.51. The summed E-state index contributed by atoms with van der Waals surface area (Å²) in [5.41, 5.74) is 0.800. The summed E-state index contributed by atoms with van der Waals surface area (Å²) in [4.78, 5) is 19.8. The molecule has 0 unspecified atom stereocenters. The Morgan fingerprint density at radius 2 is 2.08 bits per heavy atom. The largest absolute Gasteiger partial charge is 0.334 e. The highest BCUT2D eigenvalue weighted by atomic mass is 35.5. The minimum atomic E-state index is -0.607. The van der Waals surface area contributed by atoms with Crippen molar-refractivity contribution >= 4 is 28.8 Å². The predicted molar refractivity (Wildman–Crippen MR) is 98.4 cm³/mol. The van der Waals surface area contributed by atoms with Crippen molar-refractivity contribution in [1.82, 2.24) is 9.88 Å². The number of benzene rings is 1. The molecule has 3 nitrogen and oxygen atoms in total. The maximum Gasteiger partial charge on any atom is 0.258 e. The molecule has 1 aromatic carbocycles. The first-order valence-electron chi connectivity index (χ1n) is 7.79. The first-order valence-corrected chi connectivity index (χ1v) is 9.05. The molecule has 0 aliphatic carbocycles. The van der Waals surface area contributed by atoms with Gasteiger partial charge in [-0.3, -0.25) is 9.78 Å². The van der Waals surface area contributed by atoms with Crippen LogP contribution in [0.1, 0.15) is 20.8 Å². The van der Waals surface area contributed by atoms with Crippen LogP contribution in [0.5, 0.6) is 0 Å². The minimum Gasteiger partial charge on any atom is -0.334 e. The molecule has 2 aromatic heterocycles. The van der Waals surface area contributed by atoms with Gasteiger partial charge in [-0.1, -0.05) is 29.8 Å². The highest BCUT2D eigenvalue weighted by Gasteiger charge is 2.22. The van der Waals surface area contributed by atoms with Gasteiger partial charge in [0, 0.05) is 30.4 Å². The van der Waals surface area contributed by atoms with Crippen LogP contribution in [-0.4, -0.2) is 22.3 Å². The predicted octanol–water partition coefficient (Wildman–Crippen LogP) is 4.82. The van der Waals surface area contributed by atoms with Gasteiger partial charge in [-0.05, 0) is 41.6 Å². The van der Waals surface area contributed by atoms with Gasteiger partial charge in [0.2, 0.25) is 0 Å². The fourth-order valence-electron chi connectivity index (χ4n) is 2.52. The summed E-state index contributed by atoms with van der Waals surface area (Å²) in [5, 5.41) is 2.12.